The highest BCUT2D eigenvalue weighted by atomic mass is 19.4. The van der Waals surface area contributed by atoms with Crippen LogP contribution in [0.3, 0.4) is 0 Å². The topological polar surface area (TPSA) is 26.0 Å². The molecule has 0 aliphatic carbocycles. The van der Waals surface area contributed by atoms with Gasteiger partial charge >= 0.3 is 6.18 Å². The lowest BCUT2D eigenvalue weighted by Crippen LogP contribution is -2.13. The predicted molar refractivity (Wildman–Crippen MR) is 80.0 cm³/mol. The number of alkyl halides is 3. The summed E-state index contributed by atoms with van der Waals surface area (Å²) in [6, 6.07) is 10.7. The molecule has 0 bridgehead atoms. The van der Waals surface area contributed by atoms with Crippen molar-refractivity contribution < 1.29 is 13.2 Å². The van der Waals surface area contributed by atoms with Crippen LogP contribution in [0.2, 0.25) is 0 Å². The standard InChI is InChI=1S/C17H18F3N/c1-16(2,3)15-9-8-13(21)10-14(15)11-4-6-12(7-5-11)17(18,19)20/h4-10H,21H2,1-3H3. The fraction of sp³-hybridized carbons (Fsp3) is 0.294. The molecule has 0 aliphatic heterocycles. The fourth-order valence-electron chi connectivity index (χ4n) is 2.29. The highest BCUT2D eigenvalue weighted by molar-refractivity contribution is 5.72. The third-order valence-electron chi connectivity index (χ3n) is 3.37. The average Bonchev–Trinajstić information content (AvgIpc) is 2.36. The molecule has 2 N–H and O–H groups in total. The Balaban J connectivity index is 2.54. The minimum Gasteiger partial charge on any atom is -0.399 e. The number of hydrogen-bond donors (Lipinski definition) is 1. The van der Waals surface area contributed by atoms with E-state index in [0.29, 0.717) is 5.69 Å². The summed E-state index contributed by atoms with van der Waals surface area (Å²) in [5, 5.41) is 0. The van der Waals surface area contributed by atoms with E-state index in [0.717, 1.165) is 28.8 Å². The summed E-state index contributed by atoms with van der Waals surface area (Å²) in [7, 11) is 0. The van der Waals surface area contributed by atoms with E-state index in [1.54, 1.807) is 0 Å². The summed E-state index contributed by atoms with van der Waals surface area (Å²) in [5.74, 6) is 0. The normalized spacial score (nSPS) is 12.5. The molecule has 0 unspecified atom stereocenters. The first-order chi connectivity index (χ1) is 9.59. The van der Waals surface area contributed by atoms with E-state index < -0.39 is 11.7 Å². The molecule has 1 nitrogen and oxygen atoms in total. The largest absolute Gasteiger partial charge is 0.416 e. The Bertz CT molecular complexity index is 635. The monoisotopic (exact) mass is 293 g/mol. The van der Waals surface area contributed by atoms with E-state index in [1.165, 1.54) is 12.1 Å². The van der Waals surface area contributed by atoms with Crippen molar-refractivity contribution in [3.8, 4) is 11.1 Å². The maximum absolute atomic E-state index is 12.6. The number of rotatable bonds is 1. The number of anilines is 1. The molecule has 0 spiro atoms. The first-order valence-corrected chi connectivity index (χ1v) is 6.67. The molecule has 0 aliphatic rings. The molecule has 0 saturated heterocycles. The lowest BCUT2D eigenvalue weighted by molar-refractivity contribution is -0.137. The Morgan fingerprint density at radius 2 is 1.43 bits per heavy atom. The van der Waals surface area contributed by atoms with Crippen molar-refractivity contribution in [3.63, 3.8) is 0 Å². The van der Waals surface area contributed by atoms with E-state index >= 15 is 0 Å². The Labute approximate surface area is 122 Å². The summed E-state index contributed by atoms with van der Waals surface area (Å²) < 4.78 is 37.9. The second kappa shape index (κ2) is 5.10. The van der Waals surface area contributed by atoms with Gasteiger partial charge in [-0.2, -0.15) is 13.2 Å². The highest BCUT2D eigenvalue weighted by Gasteiger charge is 2.30. The number of halogens is 3. The molecular formula is C17H18F3N. The highest BCUT2D eigenvalue weighted by Crippen LogP contribution is 2.36. The average molecular weight is 293 g/mol. The van der Waals surface area contributed by atoms with Crippen LogP contribution in [0.15, 0.2) is 42.5 Å². The Morgan fingerprint density at radius 1 is 0.857 bits per heavy atom. The van der Waals surface area contributed by atoms with Crippen LogP contribution in [0.5, 0.6) is 0 Å². The number of nitrogens with two attached hydrogens (primary N) is 1. The molecule has 0 fully saturated rings. The van der Waals surface area contributed by atoms with E-state index in [2.05, 4.69) is 20.8 Å². The zero-order valence-electron chi connectivity index (χ0n) is 12.3. The minimum atomic E-state index is -4.32. The van der Waals surface area contributed by atoms with Crippen LogP contribution >= 0.6 is 0 Å². The summed E-state index contributed by atoms with van der Waals surface area (Å²) in [4.78, 5) is 0. The van der Waals surface area contributed by atoms with Gasteiger partial charge in [-0.25, -0.2) is 0 Å². The molecular weight excluding hydrogens is 275 g/mol. The lowest BCUT2D eigenvalue weighted by atomic mass is 9.81. The molecule has 0 radical (unpaired) electrons. The first kappa shape index (κ1) is 15.4. The van der Waals surface area contributed by atoms with E-state index in [9.17, 15) is 13.2 Å². The molecule has 0 heterocycles. The van der Waals surface area contributed by atoms with Gasteiger partial charge < -0.3 is 5.73 Å². The van der Waals surface area contributed by atoms with Crippen LogP contribution in [0.4, 0.5) is 18.9 Å². The molecule has 4 heteroatoms. The number of hydrogen-bond acceptors (Lipinski definition) is 1. The zero-order chi connectivity index (χ0) is 15.8. The van der Waals surface area contributed by atoms with Crippen LogP contribution in [0.25, 0.3) is 11.1 Å². The molecule has 0 atom stereocenters. The van der Waals surface area contributed by atoms with Crippen molar-refractivity contribution in [3.05, 3.63) is 53.6 Å². The molecule has 2 rings (SSSR count). The molecule has 0 amide bonds. The lowest BCUT2D eigenvalue weighted by Gasteiger charge is -2.23. The van der Waals surface area contributed by atoms with Crippen LogP contribution in [-0.2, 0) is 11.6 Å². The van der Waals surface area contributed by atoms with Crippen LogP contribution in [0, 0.1) is 0 Å². The third kappa shape index (κ3) is 3.38. The summed E-state index contributed by atoms with van der Waals surface area (Å²) >= 11 is 0. The van der Waals surface area contributed by atoms with Gasteiger partial charge in [-0.15, -0.1) is 0 Å². The Hall–Kier alpha value is -1.97. The second-order valence-electron chi connectivity index (χ2n) is 6.13. The van der Waals surface area contributed by atoms with Gasteiger partial charge in [0.1, 0.15) is 0 Å². The second-order valence-corrected chi connectivity index (χ2v) is 6.13. The van der Waals surface area contributed by atoms with Crippen LogP contribution in [-0.4, -0.2) is 0 Å². The van der Waals surface area contributed by atoms with Gasteiger partial charge in [0.05, 0.1) is 5.56 Å². The minimum absolute atomic E-state index is 0.119. The van der Waals surface area contributed by atoms with Crippen molar-refractivity contribution in [2.45, 2.75) is 32.4 Å². The molecule has 112 valence electrons. The smallest absolute Gasteiger partial charge is 0.399 e. The van der Waals surface area contributed by atoms with Gasteiger partial charge in [-0.3, -0.25) is 0 Å². The SMILES string of the molecule is CC(C)(C)c1ccc(N)cc1-c1ccc(C(F)(F)F)cc1. The van der Waals surface area contributed by atoms with Gasteiger partial charge in [-0.1, -0.05) is 39.0 Å². The maximum Gasteiger partial charge on any atom is 0.416 e. The van der Waals surface area contributed by atoms with E-state index in [-0.39, 0.29) is 5.41 Å². The molecule has 2 aromatic carbocycles. The first-order valence-electron chi connectivity index (χ1n) is 6.67. The third-order valence-corrected chi connectivity index (χ3v) is 3.37. The van der Waals surface area contributed by atoms with Crippen molar-refractivity contribution in [1.82, 2.24) is 0 Å². The van der Waals surface area contributed by atoms with Gasteiger partial charge in [0.25, 0.3) is 0 Å². The van der Waals surface area contributed by atoms with Crippen molar-refractivity contribution in [2.24, 2.45) is 0 Å². The van der Waals surface area contributed by atoms with E-state index in [1.807, 2.05) is 18.2 Å². The maximum atomic E-state index is 12.6. The summed E-state index contributed by atoms with van der Waals surface area (Å²) in [5.41, 5.74) is 8.32. The van der Waals surface area contributed by atoms with E-state index in [4.69, 9.17) is 5.73 Å². The molecule has 2 aromatic rings. The van der Waals surface area contributed by atoms with Gasteiger partial charge in [0, 0.05) is 5.69 Å². The predicted octanol–water partition coefficient (Wildman–Crippen LogP) is 5.25. The number of nitrogen functional groups attached to an aromatic ring is 1. The van der Waals surface area contributed by atoms with Gasteiger partial charge in [0.2, 0.25) is 0 Å². The molecule has 21 heavy (non-hydrogen) atoms. The quantitative estimate of drug-likeness (QED) is 0.714. The van der Waals surface area contributed by atoms with Crippen LogP contribution in [0.1, 0.15) is 31.9 Å². The fourth-order valence-corrected chi connectivity index (χ4v) is 2.29. The van der Waals surface area contributed by atoms with Gasteiger partial charge in [0.15, 0.2) is 0 Å². The van der Waals surface area contributed by atoms with Crippen molar-refractivity contribution in [2.75, 3.05) is 5.73 Å². The summed E-state index contributed by atoms with van der Waals surface area (Å²) in [6.45, 7) is 6.18. The van der Waals surface area contributed by atoms with Gasteiger partial charge in [-0.05, 0) is 46.4 Å². The molecule has 0 saturated carbocycles. The van der Waals surface area contributed by atoms with Crippen molar-refractivity contribution in [1.29, 1.82) is 0 Å². The number of benzene rings is 2. The molecule has 0 aromatic heterocycles. The van der Waals surface area contributed by atoms with Crippen LogP contribution < -0.4 is 5.73 Å². The Kier molecular flexibility index (Phi) is 3.74. The Morgan fingerprint density at radius 3 is 1.90 bits per heavy atom. The summed E-state index contributed by atoms with van der Waals surface area (Å²) in [6.07, 6.45) is -4.32. The van der Waals surface area contributed by atoms with Crippen molar-refractivity contribution >= 4 is 5.69 Å². The zero-order valence-corrected chi connectivity index (χ0v) is 12.3.